The van der Waals surface area contributed by atoms with Crippen molar-refractivity contribution in [1.29, 1.82) is 0 Å². The van der Waals surface area contributed by atoms with Crippen LogP contribution in [0, 0.1) is 0 Å². The van der Waals surface area contributed by atoms with E-state index >= 15 is 0 Å². The Hall–Kier alpha value is -12.3. The van der Waals surface area contributed by atoms with Gasteiger partial charge in [0.05, 0.1) is 33.5 Å². The van der Waals surface area contributed by atoms with Crippen LogP contribution < -0.4 is 0 Å². The minimum absolute atomic E-state index is 0.691. The van der Waals surface area contributed by atoms with E-state index in [9.17, 15) is 0 Å². The number of rotatable bonds is 4. The lowest BCUT2D eigenvalue weighted by molar-refractivity contribution is 1.02. The molecule has 0 N–H and O–H groups in total. The first-order valence-corrected chi connectivity index (χ1v) is 37.6. The zero-order valence-corrected chi connectivity index (χ0v) is 57.4. The van der Waals surface area contributed by atoms with E-state index in [1.54, 1.807) is 22.7 Å². The molecule has 0 radical (unpaired) electrons. The predicted octanol–water partition coefficient (Wildman–Crippen LogP) is 26.9. The Labute approximate surface area is 596 Å². The quantitative estimate of drug-likeness (QED) is 0.165. The number of benzene rings is 16. The molecule has 8 heterocycles. The molecule has 10 heteroatoms. The number of hydrogen-bond donors (Lipinski definition) is 0. The van der Waals surface area contributed by atoms with Gasteiger partial charge in [-0.15, -0.1) is 45.3 Å². The first-order valence-electron chi connectivity index (χ1n) is 34.3. The number of para-hydroxylation sites is 2. The van der Waals surface area contributed by atoms with E-state index in [2.05, 4.69) is 312 Å². The standard InChI is InChI=1S/2C46H25N3S2/c1-2-12-29-26(11-1)21-22-27-25-28(23-24-30(27)29)42-41-35-17-7-10-20-38(35)51-45(41)48-46(47-42)49-36-18-8-5-15-33(36)39-40-34-16-6-9-19-37(34)50-44(40)32-14-4-3-13-31(32)43(39)49;1-2-14-27-26(13-1)25-35(29-16-4-3-15-28(27)29)42-41-34-21-9-12-24-38(34)51-45(41)48-46(47-42)49-36-22-10-7-19-32(36)39-40-33-20-8-11-23-37(33)50-44(40)31-18-6-5-17-30(31)43(39)49/h2*1-25H. The SMILES string of the molecule is c1ccc2c(c1)cc(-c1nc(-n3c4ccccc4c4c5c6ccccc6sc5c5ccccc5c43)nc3sc4ccccc4c13)c1ccccc12.c1ccc2c(c1)ccc1cc(-c3nc(-n4c5ccccc5c5c6c7ccccc7sc6c6ccccc6c54)nc4sc5ccccc5c34)ccc12. The largest absolute Gasteiger partial charge is 0.277 e. The number of thiophene rings is 4. The highest BCUT2D eigenvalue weighted by atomic mass is 32.1. The molecule has 0 bridgehead atoms. The van der Waals surface area contributed by atoms with E-state index in [4.69, 9.17) is 19.9 Å². The summed E-state index contributed by atoms with van der Waals surface area (Å²) in [7, 11) is 0. The molecule has 0 fully saturated rings. The third-order valence-corrected chi connectivity index (χ3v) is 25.7. The Morgan fingerprint density at radius 1 is 0.225 bits per heavy atom. The second-order valence-corrected chi connectivity index (χ2v) is 30.7. The molecule has 6 nitrogen and oxygen atoms in total. The normalized spacial score (nSPS) is 12.3. The fourth-order valence-corrected chi connectivity index (χ4v) is 21.5. The summed E-state index contributed by atoms with van der Waals surface area (Å²) in [5, 5.41) is 29.5. The van der Waals surface area contributed by atoms with Crippen LogP contribution in [-0.4, -0.2) is 29.1 Å². The molecule has 472 valence electrons. The summed E-state index contributed by atoms with van der Waals surface area (Å²) in [5.41, 5.74) is 8.65. The highest BCUT2D eigenvalue weighted by molar-refractivity contribution is 7.28. The predicted molar refractivity (Wildman–Crippen MR) is 440 cm³/mol. The zero-order valence-electron chi connectivity index (χ0n) is 54.2. The summed E-state index contributed by atoms with van der Waals surface area (Å²) in [4.78, 5) is 24.2. The van der Waals surface area contributed by atoms with Crippen LogP contribution in [-0.2, 0) is 0 Å². The molecule has 0 saturated carbocycles. The molecule has 24 rings (SSSR count). The molecule has 0 aliphatic heterocycles. The van der Waals surface area contributed by atoms with Gasteiger partial charge in [-0.1, -0.05) is 255 Å². The summed E-state index contributed by atoms with van der Waals surface area (Å²) >= 11 is 7.27. The van der Waals surface area contributed by atoms with Crippen molar-refractivity contribution in [2.24, 2.45) is 0 Å². The van der Waals surface area contributed by atoms with Gasteiger partial charge in [-0.05, 0) is 91.6 Å². The number of aromatic nitrogens is 6. The molecule has 24 aromatic rings. The second-order valence-electron chi connectivity index (χ2n) is 26.6. The van der Waals surface area contributed by atoms with Crippen LogP contribution in [0.5, 0.6) is 0 Å². The topological polar surface area (TPSA) is 61.4 Å². The van der Waals surface area contributed by atoms with Crippen molar-refractivity contribution in [2.75, 3.05) is 0 Å². The number of fused-ring (bicyclic) bond motifs is 32. The van der Waals surface area contributed by atoms with Crippen molar-refractivity contribution >= 4 is 235 Å². The van der Waals surface area contributed by atoms with E-state index in [-0.39, 0.29) is 0 Å². The highest BCUT2D eigenvalue weighted by Crippen LogP contribution is 2.52. The molecule has 0 amide bonds. The van der Waals surface area contributed by atoms with Gasteiger partial charge >= 0.3 is 0 Å². The van der Waals surface area contributed by atoms with Gasteiger partial charge in [0.25, 0.3) is 0 Å². The summed E-state index contributed by atoms with van der Waals surface area (Å²) < 4.78 is 12.4. The number of nitrogens with zero attached hydrogens (tertiary/aromatic N) is 6. The Balaban J connectivity index is 0.000000126. The molecule has 0 unspecified atom stereocenters. The lowest BCUT2D eigenvalue weighted by Gasteiger charge is -2.14. The minimum atomic E-state index is 0.691. The zero-order chi connectivity index (χ0) is 66.4. The molecule has 0 aliphatic rings. The van der Waals surface area contributed by atoms with Crippen LogP contribution in [0.15, 0.2) is 303 Å². The van der Waals surface area contributed by atoms with Crippen LogP contribution in [0.1, 0.15) is 0 Å². The van der Waals surface area contributed by atoms with E-state index < -0.39 is 0 Å². The van der Waals surface area contributed by atoms with Gasteiger partial charge in [0.15, 0.2) is 0 Å². The molecule has 0 saturated heterocycles. The summed E-state index contributed by atoms with van der Waals surface area (Å²) in [6.45, 7) is 0. The van der Waals surface area contributed by atoms with Crippen LogP contribution >= 0.6 is 45.3 Å². The maximum atomic E-state index is 5.69. The molecular formula is C92H50N6S4. The number of hydrogen-bond acceptors (Lipinski definition) is 8. The monoisotopic (exact) mass is 1370 g/mol. The maximum absolute atomic E-state index is 5.69. The summed E-state index contributed by atoms with van der Waals surface area (Å²) in [6, 6.07) is 110. The van der Waals surface area contributed by atoms with Crippen LogP contribution in [0.4, 0.5) is 0 Å². The van der Waals surface area contributed by atoms with Crippen LogP contribution in [0.2, 0.25) is 0 Å². The fourth-order valence-electron chi connectivity index (χ4n) is 16.9. The summed E-state index contributed by atoms with van der Waals surface area (Å²) in [6.07, 6.45) is 0. The van der Waals surface area contributed by atoms with Crippen molar-refractivity contribution in [3.63, 3.8) is 0 Å². The fraction of sp³-hybridized carbons (Fsp3) is 0. The smallest absolute Gasteiger partial charge is 0.236 e. The van der Waals surface area contributed by atoms with Crippen LogP contribution in [0.3, 0.4) is 0 Å². The first kappa shape index (κ1) is 56.6. The van der Waals surface area contributed by atoms with Crippen molar-refractivity contribution < 1.29 is 0 Å². The molecule has 16 aromatic carbocycles. The Bertz CT molecular complexity index is 7800. The van der Waals surface area contributed by atoms with E-state index in [1.165, 1.54) is 147 Å². The van der Waals surface area contributed by atoms with Crippen LogP contribution in [0.25, 0.3) is 224 Å². The van der Waals surface area contributed by atoms with Gasteiger partial charge in [0.2, 0.25) is 11.9 Å². The molecular weight excluding hydrogens is 1320 g/mol. The first-order chi connectivity index (χ1) is 50.6. The average Bonchev–Trinajstić information content (AvgIpc) is 1.54. The van der Waals surface area contributed by atoms with Gasteiger partial charge in [-0.2, -0.15) is 0 Å². The van der Waals surface area contributed by atoms with Gasteiger partial charge in [0.1, 0.15) is 9.66 Å². The van der Waals surface area contributed by atoms with Crippen molar-refractivity contribution in [3.05, 3.63) is 303 Å². The lowest BCUT2D eigenvalue weighted by atomic mass is 9.94. The summed E-state index contributed by atoms with van der Waals surface area (Å²) in [5.74, 6) is 1.38. The van der Waals surface area contributed by atoms with Gasteiger partial charge in [-0.25, -0.2) is 19.9 Å². The molecule has 0 atom stereocenters. The van der Waals surface area contributed by atoms with E-state index in [0.29, 0.717) is 11.9 Å². The van der Waals surface area contributed by atoms with Gasteiger partial charge in [-0.3, -0.25) is 9.13 Å². The van der Waals surface area contributed by atoms with E-state index in [1.807, 2.05) is 22.7 Å². The Morgan fingerprint density at radius 3 is 1.13 bits per heavy atom. The van der Waals surface area contributed by atoms with Crippen molar-refractivity contribution in [3.8, 4) is 34.4 Å². The molecule has 102 heavy (non-hydrogen) atoms. The van der Waals surface area contributed by atoms with Gasteiger partial charge in [0, 0.05) is 126 Å². The highest BCUT2D eigenvalue weighted by Gasteiger charge is 2.28. The van der Waals surface area contributed by atoms with Crippen molar-refractivity contribution in [1.82, 2.24) is 29.1 Å². The Morgan fingerprint density at radius 2 is 0.588 bits per heavy atom. The van der Waals surface area contributed by atoms with Crippen molar-refractivity contribution in [2.45, 2.75) is 0 Å². The second kappa shape index (κ2) is 21.6. The third kappa shape index (κ3) is 8.02. The van der Waals surface area contributed by atoms with Gasteiger partial charge < -0.3 is 0 Å². The minimum Gasteiger partial charge on any atom is -0.277 e. The maximum Gasteiger partial charge on any atom is 0.236 e. The molecule has 0 spiro atoms. The average molecular weight is 1370 g/mol. The molecule has 8 aromatic heterocycles. The van der Waals surface area contributed by atoms with E-state index in [0.717, 1.165) is 65.0 Å². The lowest BCUT2D eigenvalue weighted by Crippen LogP contribution is -2.03. The molecule has 0 aliphatic carbocycles. The Kier molecular flexibility index (Phi) is 12.0. The third-order valence-electron chi connectivity index (χ3n) is 21.2.